The maximum atomic E-state index is 11.6. The van der Waals surface area contributed by atoms with Gasteiger partial charge in [0.2, 0.25) is 5.91 Å². The number of amides is 1. The Morgan fingerprint density at radius 1 is 1.56 bits per heavy atom. The van der Waals surface area contributed by atoms with Gasteiger partial charge in [-0.25, -0.2) is 0 Å². The zero-order chi connectivity index (χ0) is 11.7. The van der Waals surface area contributed by atoms with Crippen molar-refractivity contribution in [2.45, 2.75) is 6.54 Å². The minimum atomic E-state index is 0.0632. The number of aromatic nitrogens is 2. The van der Waals surface area contributed by atoms with Crippen molar-refractivity contribution in [1.82, 2.24) is 14.5 Å². The van der Waals surface area contributed by atoms with Crippen LogP contribution in [0.3, 0.4) is 0 Å². The van der Waals surface area contributed by atoms with Gasteiger partial charge in [0.25, 0.3) is 0 Å². The number of pyridine rings is 1. The Balaban J connectivity index is 2.42. The Bertz CT molecular complexity index is 533. The first-order chi connectivity index (χ1) is 7.59. The number of hydrogen-bond donors (Lipinski definition) is 0. The highest BCUT2D eigenvalue weighted by Crippen LogP contribution is 2.25. The molecule has 0 N–H and O–H groups in total. The van der Waals surface area contributed by atoms with Crippen LogP contribution in [-0.2, 0) is 11.3 Å². The third-order valence-corrected chi connectivity index (χ3v) is 3.07. The molecular formula is C11H12BrN3O. The molecule has 84 valence electrons. The first kappa shape index (κ1) is 11.1. The van der Waals surface area contributed by atoms with E-state index >= 15 is 0 Å². The van der Waals surface area contributed by atoms with E-state index in [9.17, 15) is 4.79 Å². The third kappa shape index (κ3) is 1.95. The number of hydrogen-bond acceptors (Lipinski definition) is 2. The van der Waals surface area contributed by atoms with Crippen molar-refractivity contribution in [3.63, 3.8) is 0 Å². The Labute approximate surface area is 102 Å². The van der Waals surface area contributed by atoms with Gasteiger partial charge in [-0.1, -0.05) is 0 Å². The van der Waals surface area contributed by atoms with E-state index in [1.807, 2.05) is 16.8 Å². The van der Waals surface area contributed by atoms with Crippen molar-refractivity contribution >= 4 is 32.7 Å². The minimum Gasteiger partial charge on any atom is -0.347 e. The maximum Gasteiger partial charge on any atom is 0.241 e. The number of likely N-dealkylation sites (N-methyl/N-ethyl adjacent to an activating group) is 1. The molecule has 5 heteroatoms. The average Bonchev–Trinajstić information content (AvgIpc) is 2.57. The fourth-order valence-corrected chi connectivity index (χ4v) is 2.09. The summed E-state index contributed by atoms with van der Waals surface area (Å²) in [4.78, 5) is 17.3. The number of nitrogens with zero attached hydrogens (tertiary/aromatic N) is 3. The van der Waals surface area contributed by atoms with Crippen LogP contribution in [-0.4, -0.2) is 34.5 Å². The molecule has 0 fully saturated rings. The normalized spacial score (nSPS) is 10.7. The monoisotopic (exact) mass is 281 g/mol. The van der Waals surface area contributed by atoms with Crippen molar-refractivity contribution in [2.24, 2.45) is 0 Å². The predicted octanol–water partition coefficient (Wildman–Crippen LogP) is 1.89. The summed E-state index contributed by atoms with van der Waals surface area (Å²) in [5.74, 6) is 0.0632. The molecule has 0 aliphatic heterocycles. The summed E-state index contributed by atoms with van der Waals surface area (Å²) >= 11 is 3.47. The standard InChI is InChI=1S/C11H12BrN3O/c1-14(2)11(16)7-15-6-9(12)8-3-4-13-5-10(8)15/h3-6H,7H2,1-2H3. The van der Waals surface area contributed by atoms with Gasteiger partial charge in [0.1, 0.15) is 6.54 Å². The van der Waals surface area contributed by atoms with Crippen LogP contribution in [0, 0.1) is 0 Å². The van der Waals surface area contributed by atoms with Crippen LogP contribution in [0.1, 0.15) is 0 Å². The topological polar surface area (TPSA) is 38.1 Å². The lowest BCUT2D eigenvalue weighted by Crippen LogP contribution is -2.25. The molecule has 0 aromatic carbocycles. The Kier molecular flexibility index (Phi) is 2.96. The first-order valence-electron chi connectivity index (χ1n) is 4.88. The van der Waals surface area contributed by atoms with E-state index in [1.54, 1.807) is 31.4 Å². The predicted molar refractivity (Wildman–Crippen MR) is 66.1 cm³/mol. The highest BCUT2D eigenvalue weighted by Gasteiger charge is 2.10. The number of halogens is 1. The Hall–Kier alpha value is -1.36. The second-order valence-electron chi connectivity index (χ2n) is 3.79. The number of carbonyl (C=O) groups excluding carboxylic acids is 1. The van der Waals surface area contributed by atoms with Gasteiger partial charge in [0, 0.05) is 36.3 Å². The van der Waals surface area contributed by atoms with Crippen molar-refractivity contribution in [1.29, 1.82) is 0 Å². The highest BCUT2D eigenvalue weighted by molar-refractivity contribution is 9.10. The van der Waals surface area contributed by atoms with Crippen LogP contribution in [0.4, 0.5) is 0 Å². The first-order valence-corrected chi connectivity index (χ1v) is 5.67. The molecule has 2 aromatic heterocycles. The van der Waals surface area contributed by atoms with Gasteiger partial charge in [0.15, 0.2) is 0 Å². The zero-order valence-corrected chi connectivity index (χ0v) is 10.7. The summed E-state index contributed by atoms with van der Waals surface area (Å²) in [5.41, 5.74) is 0.963. The molecule has 4 nitrogen and oxygen atoms in total. The van der Waals surface area contributed by atoms with Crippen LogP contribution in [0.25, 0.3) is 10.9 Å². The van der Waals surface area contributed by atoms with Gasteiger partial charge in [0.05, 0.1) is 11.7 Å². The number of fused-ring (bicyclic) bond motifs is 1. The summed E-state index contributed by atoms with van der Waals surface area (Å²) in [7, 11) is 3.50. The lowest BCUT2D eigenvalue weighted by molar-refractivity contribution is -0.129. The lowest BCUT2D eigenvalue weighted by Gasteiger charge is -2.11. The van der Waals surface area contributed by atoms with Crippen molar-refractivity contribution in [3.05, 3.63) is 29.1 Å². The van der Waals surface area contributed by atoms with Gasteiger partial charge in [-0.15, -0.1) is 0 Å². The Morgan fingerprint density at radius 3 is 3.00 bits per heavy atom. The van der Waals surface area contributed by atoms with Crippen LogP contribution in [0.5, 0.6) is 0 Å². The summed E-state index contributed by atoms with van der Waals surface area (Å²) < 4.78 is 2.88. The van der Waals surface area contributed by atoms with Crippen molar-refractivity contribution in [2.75, 3.05) is 14.1 Å². The van der Waals surface area contributed by atoms with Crippen molar-refractivity contribution < 1.29 is 4.79 Å². The molecule has 0 aliphatic carbocycles. The minimum absolute atomic E-state index is 0.0632. The van der Waals surface area contributed by atoms with Crippen LogP contribution in [0.2, 0.25) is 0 Å². The molecule has 0 aliphatic rings. The Morgan fingerprint density at radius 2 is 2.31 bits per heavy atom. The van der Waals surface area contributed by atoms with E-state index < -0.39 is 0 Å². The molecule has 0 unspecified atom stereocenters. The van der Waals surface area contributed by atoms with Crippen LogP contribution >= 0.6 is 15.9 Å². The van der Waals surface area contributed by atoms with Crippen LogP contribution < -0.4 is 0 Å². The SMILES string of the molecule is CN(C)C(=O)Cn1cc(Br)c2ccncc21. The van der Waals surface area contributed by atoms with Gasteiger partial charge >= 0.3 is 0 Å². The lowest BCUT2D eigenvalue weighted by atomic mass is 10.3. The summed E-state index contributed by atoms with van der Waals surface area (Å²) in [6, 6.07) is 1.93. The van der Waals surface area contributed by atoms with E-state index in [0.717, 1.165) is 15.4 Å². The van der Waals surface area contributed by atoms with Gasteiger partial charge < -0.3 is 9.47 Å². The largest absolute Gasteiger partial charge is 0.347 e. The van der Waals surface area contributed by atoms with E-state index in [0.29, 0.717) is 6.54 Å². The van der Waals surface area contributed by atoms with E-state index in [2.05, 4.69) is 20.9 Å². The summed E-state index contributed by atoms with van der Waals surface area (Å²) in [6.07, 6.45) is 5.42. The average molecular weight is 282 g/mol. The molecule has 2 rings (SSSR count). The second-order valence-corrected chi connectivity index (χ2v) is 4.64. The molecule has 16 heavy (non-hydrogen) atoms. The quantitative estimate of drug-likeness (QED) is 0.843. The molecule has 0 saturated heterocycles. The summed E-state index contributed by atoms with van der Waals surface area (Å²) in [6.45, 7) is 0.334. The molecule has 2 aromatic rings. The second kappa shape index (κ2) is 4.25. The molecule has 0 bridgehead atoms. The fraction of sp³-hybridized carbons (Fsp3) is 0.273. The molecule has 1 amide bonds. The van der Waals surface area contributed by atoms with E-state index in [1.165, 1.54) is 0 Å². The molecule has 0 saturated carbocycles. The molecular weight excluding hydrogens is 270 g/mol. The molecule has 0 radical (unpaired) electrons. The van der Waals surface area contributed by atoms with E-state index in [4.69, 9.17) is 0 Å². The number of rotatable bonds is 2. The number of carbonyl (C=O) groups is 1. The highest BCUT2D eigenvalue weighted by atomic mass is 79.9. The smallest absolute Gasteiger partial charge is 0.241 e. The van der Waals surface area contributed by atoms with Crippen molar-refractivity contribution in [3.8, 4) is 0 Å². The molecule has 2 heterocycles. The van der Waals surface area contributed by atoms with Crippen LogP contribution in [0.15, 0.2) is 29.1 Å². The molecule has 0 spiro atoms. The van der Waals surface area contributed by atoms with Gasteiger partial charge in [-0.2, -0.15) is 0 Å². The maximum absolute atomic E-state index is 11.6. The zero-order valence-electron chi connectivity index (χ0n) is 9.14. The van der Waals surface area contributed by atoms with Gasteiger partial charge in [-0.05, 0) is 22.0 Å². The summed E-state index contributed by atoms with van der Waals surface area (Å²) in [5, 5.41) is 1.07. The third-order valence-electron chi connectivity index (χ3n) is 2.44. The van der Waals surface area contributed by atoms with E-state index in [-0.39, 0.29) is 5.91 Å². The molecule has 0 atom stereocenters. The van der Waals surface area contributed by atoms with Gasteiger partial charge in [-0.3, -0.25) is 9.78 Å². The fourth-order valence-electron chi connectivity index (χ4n) is 1.51.